The van der Waals surface area contributed by atoms with E-state index in [1.807, 2.05) is 6.92 Å². The zero-order valence-electron chi connectivity index (χ0n) is 12.7. The maximum Gasteiger partial charge on any atom is 0.241 e. The first kappa shape index (κ1) is 16.4. The summed E-state index contributed by atoms with van der Waals surface area (Å²) in [5.74, 6) is 0.694. The molecule has 0 aliphatic heterocycles. The number of aryl methyl sites for hydroxylation is 1. The van der Waals surface area contributed by atoms with Gasteiger partial charge in [0, 0.05) is 6.42 Å². The van der Waals surface area contributed by atoms with Gasteiger partial charge in [-0.25, -0.2) is 8.42 Å². The molecule has 1 aromatic heterocycles. The van der Waals surface area contributed by atoms with Gasteiger partial charge in [0.25, 0.3) is 0 Å². The molecule has 0 unspecified atom stereocenters. The second-order valence-electron chi connectivity index (χ2n) is 6.29. The van der Waals surface area contributed by atoms with Crippen molar-refractivity contribution in [2.45, 2.75) is 63.7 Å². The predicted molar refractivity (Wildman–Crippen MR) is 78.4 cm³/mol. The van der Waals surface area contributed by atoms with Crippen LogP contribution in [0.25, 0.3) is 0 Å². The minimum absolute atomic E-state index is 0.117. The van der Waals surface area contributed by atoms with Crippen molar-refractivity contribution in [3.8, 4) is 0 Å². The number of nitrogens with zero attached hydrogens (tertiary/aromatic N) is 2. The molecular formula is C14H24N2O4S. The molecular weight excluding hydrogens is 292 g/mol. The molecule has 2 rings (SSSR count). The SMILES string of the molecule is CCCc1noc(CS(=O)(=O)CC2(O)CCC(C)CC2)n1. The summed E-state index contributed by atoms with van der Waals surface area (Å²) in [4.78, 5) is 4.07. The minimum atomic E-state index is -3.46. The van der Waals surface area contributed by atoms with E-state index in [0.717, 1.165) is 19.3 Å². The van der Waals surface area contributed by atoms with Crippen molar-refractivity contribution in [1.82, 2.24) is 10.1 Å². The third-order valence-electron chi connectivity index (χ3n) is 4.02. The first-order valence-corrected chi connectivity index (χ1v) is 9.38. The second kappa shape index (κ2) is 6.44. The number of sulfone groups is 1. The van der Waals surface area contributed by atoms with Gasteiger partial charge in [-0.2, -0.15) is 4.98 Å². The average molecular weight is 316 g/mol. The van der Waals surface area contributed by atoms with E-state index in [4.69, 9.17) is 4.52 Å². The van der Waals surface area contributed by atoms with Gasteiger partial charge in [-0.3, -0.25) is 0 Å². The van der Waals surface area contributed by atoms with Crippen molar-refractivity contribution in [2.75, 3.05) is 5.75 Å². The van der Waals surface area contributed by atoms with Crippen LogP contribution in [0, 0.1) is 5.92 Å². The Balaban J connectivity index is 1.97. The molecule has 120 valence electrons. The van der Waals surface area contributed by atoms with Crippen LogP contribution < -0.4 is 0 Å². The lowest BCUT2D eigenvalue weighted by Crippen LogP contribution is -2.40. The number of aromatic nitrogens is 2. The summed E-state index contributed by atoms with van der Waals surface area (Å²) in [6.07, 6.45) is 4.37. The highest BCUT2D eigenvalue weighted by Crippen LogP contribution is 2.33. The summed E-state index contributed by atoms with van der Waals surface area (Å²) in [6, 6.07) is 0. The monoisotopic (exact) mass is 316 g/mol. The van der Waals surface area contributed by atoms with Gasteiger partial charge in [-0.15, -0.1) is 0 Å². The molecule has 1 aromatic rings. The molecule has 0 atom stereocenters. The van der Waals surface area contributed by atoms with Crippen LogP contribution in [0.5, 0.6) is 0 Å². The van der Waals surface area contributed by atoms with Gasteiger partial charge in [0.05, 0.1) is 11.4 Å². The van der Waals surface area contributed by atoms with Crippen LogP contribution in [0.3, 0.4) is 0 Å². The van der Waals surface area contributed by atoms with Gasteiger partial charge in [0.1, 0.15) is 5.75 Å². The highest BCUT2D eigenvalue weighted by Gasteiger charge is 2.36. The smallest absolute Gasteiger partial charge is 0.241 e. The number of aliphatic hydroxyl groups is 1. The Hall–Kier alpha value is -0.950. The first-order valence-electron chi connectivity index (χ1n) is 7.56. The quantitative estimate of drug-likeness (QED) is 0.861. The molecule has 1 aliphatic rings. The van der Waals surface area contributed by atoms with Crippen LogP contribution in [0.4, 0.5) is 0 Å². The molecule has 1 aliphatic carbocycles. The van der Waals surface area contributed by atoms with Crippen molar-refractivity contribution in [2.24, 2.45) is 5.92 Å². The van der Waals surface area contributed by atoms with E-state index in [-0.39, 0.29) is 17.4 Å². The van der Waals surface area contributed by atoms with Crippen LogP contribution in [0.1, 0.15) is 57.7 Å². The molecule has 7 heteroatoms. The summed E-state index contributed by atoms with van der Waals surface area (Å²) < 4.78 is 29.4. The maximum atomic E-state index is 12.2. The Morgan fingerprint density at radius 1 is 1.38 bits per heavy atom. The molecule has 1 heterocycles. The lowest BCUT2D eigenvalue weighted by atomic mass is 9.81. The Morgan fingerprint density at radius 2 is 2.05 bits per heavy atom. The third kappa shape index (κ3) is 4.78. The molecule has 0 amide bonds. The van der Waals surface area contributed by atoms with Gasteiger partial charge >= 0.3 is 0 Å². The van der Waals surface area contributed by atoms with Gasteiger partial charge in [0.15, 0.2) is 15.7 Å². The Labute approximate surface area is 125 Å². The molecule has 1 saturated carbocycles. The van der Waals surface area contributed by atoms with Crippen molar-refractivity contribution in [3.63, 3.8) is 0 Å². The predicted octanol–water partition coefficient (Wildman–Crippen LogP) is 1.88. The average Bonchev–Trinajstić information content (AvgIpc) is 2.79. The Kier molecular flexibility index (Phi) is 5.03. The normalized spacial score (nSPS) is 26.9. The van der Waals surface area contributed by atoms with Gasteiger partial charge in [0.2, 0.25) is 5.89 Å². The van der Waals surface area contributed by atoms with Crippen LogP contribution in [-0.2, 0) is 22.0 Å². The molecule has 1 N–H and O–H groups in total. The summed E-state index contributed by atoms with van der Waals surface area (Å²) in [5.41, 5.74) is -1.10. The Morgan fingerprint density at radius 3 is 2.67 bits per heavy atom. The van der Waals surface area contributed by atoms with E-state index >= 15 is 0 Å². The van der Waals surface area contributed by atoms with E-state index in [2.05, 4.69) is 17.1 Å². The summed E-state index contributed by atoms with van der Waals surface area (Å²) >= 11 is 0. The minimum Gasteiger partial charge on any atom is -0.389 e. The maximum absolute atomic E-state index is 12.2. The fraction of sp³-hybridized carbons (Fsp3) is 0.857. The number of hydrogen-bond acceptors (Lipinski definition) is 6. The largest absolute Gasteiger partial charge is 0.389 e. The Bertz CT molecular complexity index is 559. The van der Waals surface area contributed by atoms with Gasteiger partial charge in [-0.05, 0) is 38.0 Å². The fourth-order valence-corrected chi connectivity index (χ4v) is 4.47. The standard InChI is InChI=1S/C14H24N2O4S/c1-3-4-12-15-13(20-16-12)9-21(18,19)10-14(17)7-5-11(2)6-8-14/h11,17H,3-10H2,1-2H3. The van der Waals surface area contributed by atoms with Crippen molar-refractivity contribution in [1.29, 1.82) is 0 Å². The summed E-state index contributed by atoms with van der Waals surface area (Å²) in [7, 11) is -3.46. The van der Waals surface area contributed by atoms with Crippen LogP contribution in [-0.4, -0.2) is 35.0 Å². The third-order valence-corrected chi connectivity index (χ3v) is 5.68. The van der Waals surface area contributed by atoms with E-state index in [9.17, 15) is 13.5 Å². The van der Waals surface area contributed by atoms with Crippen LogP contribution >= 0.6 is 0 Å². The van der Waals surface area contributed by atoms with E-state index in [0.29, 0.717) is 31.0 Å². The molecule has 0 bridgehead atoms. The fourth-order valence-electron chi connectivity index (χ4n) is 2.77. The number of hydrogen-bond donors (Lipinski definition) is 1. The highest BCUT2D eigenvalue weighted by molar-refractivity contribution is 7.90. The lowest BCUT2D eigenvalue weighted by molar-refractivity contribution is 0.0135. The molecule has 0 radical (unpaired) electrons. The highest BCUT2D eigenvalue weighted by atomic mass is 32.2. The van der Waals surface area contributed by atoms with Gasteiger partial charge < -0.3 is 9.63 Å². The molecule has 6 nitrogen and oxygen atoms in total. The van der Waals surface area contributed by atoms with E-state index in [1.165, 1.54) is 0 Å². The second-order valence-corrected chi connectivity index (χ2v) is 8.36. The summed E-state index contributed by atoms with van der Waals surface area (Å²) in [5, 5.41) is 14.2. The molecule has 21 heavy (non-hydrogen) atoms. The van der Waals surface area contributed by atoms with Crippen molar-refractivity contribution in [3.05, 3.63) is 11.7 Å². The molecule has 0 spiro atoms. The summed E-state index contributed by atoms with van der Waals surface area (Å²) in [6.45, 7) is 4.12. The lowest BCUT2D eigenvalue weighted by Gasteiger charge is -2.34. The molecule has 0 saturated heterocycles. The number of rotatable bonds is 6. The molecule has 1 fully saturated rings. The van der Waals surface area contributed by atoms with E-state index < -0.39 is 15.4 Å². The van der Waals surface area contributed by atoms with Gasteiger partial charge in [-0.1, -0.05) is 19.0 Å². The van der Waals surface area contributed by atoms with Crippen LogP contribution in [0.2, 0.25) is 0 Å². The van der Waals surface area contributed by atoms with Crippen molar-refractivity contribution < 1.29 is 18.0 Å². The zero-order chi connectivity index (χ0) is 15.5. The van der Waals surface area contributed by atoms with Crippen LogP contribution in [0.15, 0.2) is 4.52 Å². The topological polar surface area (TPSA) is 93.3 Å². The molecule has 0 aromatic carbocycles. The first-order chi connectivity index (χ1) is 9.82. The zero-order valence-corrected chi connectivity index (χ0v) is 13.5. The van der Waals surface area contributed by atoms with E-state index in [1.54, 1.807) is 0 Å². The van der Waals surface area contributed by atoms with Crippen molar-refractivity contribution >= 4 is 9.84 Å².